The van der Waals surface area contributed by atoms with Crippen LogP contribution in [0.15, 0.2) is 34.9 Å². The van der Waals surface area contributed by atoms with Gasteiger partial charge in [-0.15, -0.1) is 0 Å². The van der Waals surface area contributed by atoms with Crippen LogP contribution in [0.1, 0.15) is 74.7 Å². The summed E-state index contributed by atoms with van der Waals surface area (Å²) >= 11 is 0. The summed E-state index contributed by atoms with van der Waals surface area (Å²) in [6, 6.07) is 0. The molecule has 5 unspecified atom stereocenters. The average molecular weight is 419 g/mol. The maximum Gasteiger partial charge on any atom is 0.333 e. The van der Waals surface area contributed by atoms with Gasteiger partial charge in [-0.25, -0.2) is 9.59 Å². The molecule has 0 aromatic carbocycles. The minimum Gasteiger partial charge on any atom is -0.458 e. The smallest absolute Gasteiger partial charge is 0.333 e. The van der Waals surface area contributed by atoms with Crippen LogP contribution in [0.3, 0.4) is 0 Å². The van der Waals surface area contributed by atoms with Gasteiger partial charge in [-0.05, 0) is 47.0 Å². The lowest BCUT2D eigenvalue weighted by Gasteiger charge is -2.43. The summed E-state index contributed by atoms with van der Waals surface area (Å²) < 4.78 is 11.9. The highest BCUT2D eigenvalue weighted by atomic mass is 16.6. The van der Waals surface area contributed by atoms with Crippen molar-refractivity contribution in [3.05, 3.63) is 34.9 Å². The second-order valence-corrected chi connectivity index (χ2v) is 9.57. The number of ether oxygens (including phenoxy) is 2. The Hall–Kier alpha value is -1.88. The van der Waals surface area contributed by atoms with Crippen LogP contribution in [0.5, 0.6) is 0 Å². The number of carbonyl (C=O) groups is 2. The summed E-state index contributed by atoms with van der Waals surface area (Å²) in [5, 5.41) is 11.9. The zero-order valence-electron chi connectivity index (χ0n) is 19.7. The van der Waals surface area contributed by atoms with Crippen molar-refractivity contribution >= 4 is 11.9 Å². The minimum absolute atomic E-state index is 0.0873. The van der Waals surface area contributed by atoms with E-state index in [9.17, 15) is 14.7 Å². The Labute approximate surface area is 181 Å². The van der Waals surface area contributed by atoms with E-state index in [0.717, 1.165) is 5.57 Å². The first-order valence-corrected chi connectivity index (χ1v) is 11.0. The largest absolute Gasteiger partial charge is 0.458 e. The average Bonchev–Trinajstić information content (AvgIpc) is 2.82. The molecular weight excluding hydrogens is 380 g/mol. The van der Waals surface area contributed by atoms with E-state index in [1.807, 2.05) is 20.8 Å². The van der Waals surface area contributed by atoms with Crippen molar-refractivity contribution in [2.75, 3.05) is 0 Å². The summed E-state index contributed by atoms with van der Waals surface area (Å²) in [7, 11) is 0. The Bertz CT molecular complexity index is 774. The van der Waals surface area contributed by atoms with Gasteiger partial charge in [0.15, 0.2) is 0 Å². The first-order chi connectivity index (χ1) is 13.9. The molecular formula is C25H38O5. The molecule has 0 bridgehead atoms. The van der Waals surface area contributed by atoms with Crippen molar-refractivity contribution in [1.29, 1.82) is 0 Å². The van der Waals surface area contributed by atoms with E-state index in [0.29, 0.717) is 30.4 Å². The fourth-order valence-electron chi connectivity index (χ4n) is 4.92. The lowest BCUT2D eigenvalue weighted by atomic mass is 9.67. The Kier molecular flexibility index (Phi) is 7.39. The Balaban J connectivity index is 2.53. The van der Waals surface area contributed by atoms with Gasteiger partial charge in [0.1, 0.15) is 12.2 Å². The van der Waals surface area contributed by atoms with E-state index in [1.54, 1.807) is 39.8 Å². The first kappa shape index (κ1) is 24.4. The fourth-order valence-corrected chi connectivity index (χ4v) is 4.92. The molecule has 1 saturated carbocycles. The zero-order valence-corrected chi connectivity index (χ0v) is 19.7. The Morgan fingerprint density at radius 2 is 1.67 bits per heavy atom. The summed E-state index contributed by atoms with van der Waals surface area (Å²) in [5.41, 5.74) is 0.538. The third kappa shape index (κ3) is 4.41. The molecule has 0 amide bonds. The summed E-state index contributed by atoms with van der Waals surface area (Å²) in [5.74, 6) is -1.17. The topological polar surface area (TPSA) is 72.8 Å². The fraction of sp³-hybridized carbons (Fsp3) is 0.680. The van der Waals surface area contributed by atoms with Gasteiger partial charge in [-0.3, -0.25) is 0 Å². The summed E-state index contributed by atoms with van der Waals surface area (Å²) in [6.45, 7) is 15.1. The molecule has 0 aromatic rings. The number of esters is 2. The van der Waals surface area contributed by atoms with Gasteiger partial charge >= 0.3 is 11.9 Å². The molecule has 0 spiro atoms. The van der Waals surface area contributed by atoms with Gasteiger partial charge in [-0.2, -0.15) is 0 Å². The monoisotopic (exact) mass is 418 g/mol. The molecule has 2 aliphatic carbocycles. The van der Waals surface area contributed by atoms with Crippen molar-refractivity contribution in [2.24, 2.45) is 17.3 Å². The molecule has 1 N–H and O–H groups in total. The molecule has 0 saturated heterocycles. The maximum absolute atomic E-state index is 12.6. The molecule has 0 heterocycles. The number of aliphatic hydroxyl groups is 1. The van der Waals surface area contributed by atoms with Crippen LogP contribution in [-0.4, -0.2) is 34.9 Å². The van der Waals surface area contributed by atoms with Gasteiger partial charge in [0.25, 0.3) is 0 Å². The highest BCUT2D eigenvalue weighted by Crippen LogP contribution is 2.59. The van der Waals surface area contributed by atoms with Crippen LogP contribution in [0.4, 0.5) is 0 Å². The van der Waals surface area contributed by atoms with Gasteiger partial charge in [0, 0.05) is 35.3 Å². The molecule has 5 heteroatoms. The van der Waals surface area contributed by atoms with Crippen LogP contribution in [0.2, 0.25) is 0 Å². The number of carbonyl (C=O) groups excluding carboxylic acids is 2. The number of rotatable bonds is 5. The lowest BCUT2D eigenvalue weighted by Crippen LogP contribution is -2.50. The van der Waals surface area contributed by atoms with Crippen LogP contribution in [0.25, 0.3) is 0 Å². The summed E-state index contributed by atoms with van der Waals surface area (Å²) in [6.07, 6.45) is 6.19. The van der Waals surface area contributed by atoms with E-state index in [2.05, 4.69) is 13.0 Å². The normalized spacial score (nSPS) is 34.9. The van der Waals surface area contributed by atoms with E-state index in [4.69, 9.17) is 9.47 Å². The Morgan fingerprint density at radius 1 is 1.13 bits per heavy atom. The highest BCUT2D eigenvalue weighted by molar-refractivity contribution is 5.88. The zero-order chi connectivity index (χ0) is 22.9. The van der Waals surface area contributed by atoms with Crippen LogP contribution in [-0.2, 0) is 19.1 Å². The molecule has 2 aliphatic rings. The third-order valence-electron chi connectivity index (χ3n) is 7.30. The SMILES string of the molecule is CC=C(C)C(=O)OC1CC(C)=CCC2(C)C(OC(=O)C(C)=CC)CC(O)(C(C)C)C12. The van der Waals surface area contributed by atoms with Crippen molar-refractivity contribution in [1.82, 2.24) is 0 Å². The third-order valence-corrected chi connectivity index (χ3v) is 7.30. The van der Waals surface area contributed by atoms with Crippen molar-refractivity contribution < 1.29 is 24.2 Å². The number of fused-ring (bicyclic) bond motifs is 1. The van der Waals surface area contributed by atoms with Crippen molar-refractivity contribution in [3.63, 3.8) is 0 Å². The van der Waals surface area contributed by atoms with Gasteiger partial charge < -0.3 is 14.6 Å². The molecule has 168 valence electrons. The number of hydrogen-bond donors (Lipinski definition) is 1. The van der Waals surface area contributed by atoms with E-state index in [1.165, 1.54) is 0 Å². The molecule has 0 radical (unpaired) electrons. The molecule has 5 atom stereocenters. The molecule has 1 fully saturated rings. The van der Waals surface area contributed by atoms with Gasteiger partial charge in [-0.1, -0.05) is 44.6 Å². The molecule has 5 nitrogen and oxygen atoms in total. The second-order valence-electron chi connectivity index (χ2n) is 9.57. The minimum atomic E-state index is -1.11. The predicted molar refractivity (Wildman–Crippen MR) is 118 cm³/mol. The molecule has 30 heavy (non-hydrogen) atoms. The second kappa shape index (κ2) is 9.09. The quantitative estimate of drug-likeness (QED) is 0.391. The molecule has 2 rings (SSSR count). The van der Waals surface area contributed by atoms with Crippen molar-refractivity contribution in [2.45, 2.75) is 92.5 Å². The van der Waals surface area contributed by atoms with E-state index < -0.39 is 23.2 Å². The van der Waals surface area contributed by atoms with Crippen molar-refractivity contribution in [3.8, 4) is 0 Å². The van der Waals surface area contributed by atoms with E-state index >= 15 is 0 Å². The Morgan fingerprint density at radius 3 is 2.17 bits per heavy atom. The number of hydrogen-bond acceptors (Lipinski definition) is 5. The van der Waals surface area contributed by atoms with Gasteiger partial charge in [0.05, 0.1) is 5.60 Å². The molecule has 0 aliphatic heterocycles. The van der Waals surface area contributed by atoms with E-state index in [-0.39, 0.29) is 23.8 Å². The maximum atomic E-state index is 12.6. The number of allylic oxidation sites excluding steroid dienone is 3. The molecule has 0 aromatic heterocycles. The van der Waals surface area contributed by atoms with Crippen LogP contribution >= 0.6 is 0 Å². The lowest BCUT2D eigenvalue weighted by molar-refractivity contribution is -0.164. The standard InChI is InChI=1S/C25H38O5/c1-9-17(6)22(26)29-19-13-16(5)11-12-24(8)20(30-23(27)18(7)10-2)14-25(28,15(3)4)21(19)24/h9-11,15,19-21,28H,12-14H2,1-8H3. The van der Waals surface area contributed by atoms with Crippen LogP contribution < -0.4 is 0 Å². The first-order valence-electron chi connectivity index (χ1n) is 11.0. The summed E-state index contributed by atoms with van der Waals surface area (Å²) in [4.78, 5) is 25.2. The highest BCUT2D eigenvalue weighted by Gasteiger charge is 2.65. The predicted octanol–water partition coefficient (Wildman–Crippen LogP) is 4.90. The van der Waals surface area contributed by atoms with Gasteiger partial charge in [0.2, 0.25) is 0 Å². The van der Waals surface area contributed by atoms with Crippen LogP contribution in [0, 0.1) is 17.3 Å².